The predicted molar refractivity (Wildman–Crippen MR) is 63.8 cm³/mol. The van der Waals surface area contributed by atoms with E-state index in [1.54, 1.807) is 0 Å². The quantitative estimate of drug-likeness (QED) is 0.591. The number of Topliss-reactive ketones (excluding diaryl/α,β-unsaturated/α-hetero) is 1. The first-order chi connectivity index (χ1) is 9.72. The Morgan fingerprint density at radius 1 is 1.24 bits per heavy atom. The fraction of sp³-hybridized carbons (Fsp3) is 0.385. The van der Waals surface area contributed by atoms with Crippen LogP contribution < -0.4 is 4.74 Å². The molecule has 0 saturated heterocycles. The highest BCUT2D eigenvalue weighted by Gasteiger charge is 2.44. The van der Waals surface area contributed by atoms with Crippen LogP contribution in [0.4, 0.5) is 17.6 Å². The highest BCUT2D eigenvalue weighted by atomic mass is 19.3. The van der Waals surface area contributed by atoms with Crippen molar-refractivity contribution in [3.05, 3.63) is 29.8 Å². The second-order valence-electron chi connectivity index (χ2n) is 4.16. The lowest BCUT2D eigenvalue weighted by molar-refractivity contribution is -0.253. The van der Waals surface area contributed by atoms with Crippen molar-refractivity contribution in [3.63, 3.8) is 0 Å². The molecule has 1 aromatic rings. The Balaban J connectivity index is 2.72. The third kappa shape index (κ3) is 5.41. The molecule has 0 saturated carbocycles. The van der Waals surface area contributed by atoms with Gasteiger partial charge in [0.25, 0.3) is 0 Å². The second-order valence-corrected chi connectivity index (χ2v) is 4.16. The summed E-state index contributed by atoms with van der Waals surface area (Å²) in [4.78, 5) is 22.0. The van der Waals surface area contributed by atoms with Crippen LogP contribution >= 0.6 is 0 Å². The molecule has 0 aliphatic rings. The van der Waals surface area contributed by atoms with Gasteiger partial charge in [0.1, 0.15) is 5.75 Å². The maximum absolute atomic E-state index is 12.7. The number of rotatable bonds is 8. The molecule has 0 amide bonds. The number of carbonyl (C=O) groups is 2. The molecular formula is C13H12F4O4. The fourth-order valence-electron chi connectivity index (χ4n) is 1.48. The van der Waals surface area contributed by atoms with Gasteiger partial charge in [0.2, 0.25) is 0 Å². The maximum atomic E-state index is 12.7. The molecule has 0 heterocycles. The highest BCUT2D eigenvalue weighted by Crippen LogP contribution is 2.28. The Kier molecular flexibility index (Phi) is 5.69. The molecule has 0 aromatic heterocycles. The van der Waals surface area contributed by atoms with Gasteiger partial charge in [-0.25, -0.2) is 0 Å². The zero-order chi connectivity index (χ0) is 16.0. The maximum Gasteiger partial charge on any atom is 0.461 e. The predicted octanol–water partition coefficient (Wildman–Crippen LogP) is 3.36. The summed E-state index contributed by atoms with van der Waals surface area (Å²) in [5.41, 5.74) is -0.0112. The Hall–Kier alpha value is -2.12. The first-order valence-electron chi connectivity index (χ1n) is 5.92. The van der Waals surface area contributed by atoms with Crippen LogP contribution in [-0.4, -0.2) is 29.4 Å². The summed E-state index contributed by atoms with van der Waals surface area (Å²) in [6, 6.07) is 4.45. The average molecular weight is 308 g/mol. The Morgan fingerprint density at radius 2 is 1.90 bits per heavy atom. The van der Waals surface area contributed by atoms with Gasteiger partial charge in [0, 0.05) is 18.4 Å². The SMILES string of the molecule is O=C(O)CCCC(=O)c1cccc(OC(F)(F)C(F)F)c1. The van der Waals surface area contributed by atoms with Crippen LogP contribution in [0.25, 0.3) is 0 Å². The molecule has 0 aliphatic carbocycles. The molecule has 8 heteroatoms. The van der Waals surface area contributed by atoms with Crippen LogP contribution in [0, 0.1) is 0 Å². The molecule has 0 atom stereocenters. The lowest BCUT2D eigenvalue weighted by atomic mass is 10.1. The summed E-state index contributed by atoms with van der Waals surface area (Å²) >= 11 is 0. The standard InChI is InChI=1S/C13H12F4O4/c14-12(15)13(16,17)21-9-4-1-3-8(7-9)10(18)5-2-6-11(19)20/h1,3-4,7,12H,2,5-6H2,(H,19,20). The lowest BCUT2D eigenvalue weighted by Crippen LogP contribution is -2.33. The molecule has 0 aliphatic heterocycles. The van der Waals surface area contributed by atoms with Crippen molar-refractivity contribution in [1.82, 2.24) is 0 Å². The number of carbonyl (C=O) groups excluding carboxylic acids is 1. The topological polar surface area (TPSA) is 63.6 Å². The van der Waals surface area contributed by atoms with Crippen molar-refractivity contribution < 1.29 is 37.0 Å². The number of halogens is 4. The van der Waals surface area contributed by atoms with Gasteiger partial charge in [-0.2, -0.15) is 17.6 Å². The van der Waals surface area contributed by atoms with E-state index in [0.29, 0.717) is 0 Å². The van der Waals surface area contributed by atoms with E-state index in [0.717, 1.165) is 12.1 Å². The van der Waals surface area contributed by atoms with Crippen LogP contribution in [0.5, 0.6) is 5.75 Å². The molecule has 1 aromatic carbocycles. The lowest BCUT2D eigenvalue weighted by Gasteiger charge is -2.17. The van der Waals surface area contributed by atoms with Crippen LogP contribution in [0.2, 0.25) is 0 Å². The second kappa shape index (κ2) is 7.05. The zero-order valence-electron chi connectivity index (χ0n) is 10.7. The number of benzene rings is 1. The van der Waals surface area contributed by atoms with Gasteiger partial charge in [0.05, 0.1) is 0 Å². The van der Waals surface area contributed by atoms with Crippen molar-refractivity contribution in [3.8, 4) is 5.75 Å². The summed E-state index contributed by atoms with van der Waals surface area (Å²) in [7, 11) is 0. The van der Waals surface area contributed by atoms with Gasteiger partial charge in [-0.3, -0.25) is 9.59 Å². The Bertz CT molecular complexity index is 517. The van der Waals surface area contributed by atoms with Crippen molar-refractivity contribution in [1.29, 1.82) is 0 Å². The van der Waals surface area contributed by atoms with Crippen LogP contribution in [0.1, 0.15) is 29.6 Å². The zero-order valence-corrected chi connectivity index (χ0v) is 10.7. The van der Waals surface area contributed by atoms with Gasteiger partial charge in [0.15, 0.2) is 5.78 Å². The van der Waals surface area contributed by atoms with Gasteiger partial charge in [-0.1, -0.05) is 12.1 Å². The minimum Gasteiger partial charge on any atom is -0.481 e. The third-order valence-electron chi connectivity index (χ3n) is 2.46. The third-order valence-corrected chi connectivity index (χ3v) is 2.46. The average Bonchev–Trinajstić information content (AvgIpc) is 2.37. The van der Waals surface area contributed by atoms with Crippen molar-refractivity contribution in [2.24, 2.45) is 0 Å². The normalized spacial score (nSPS) is 11.5. The Labute approximate surface area is 117 Å². The van der Waals surface area contributed by atoms with E-state index in [-0.39, 0.29) is 24.8 Å². The molecular weight excluding hydrogens is 296 g/mol. The molecule has 0 bridgehead atoms. The number of hydrogen-bond acceptors (Lipinski definition) is 3. The van der Waals surface area contributed by atoms with E-state index in [4.69, 9.17) is 5.11 Å². The fourth-order valence-corrected chi connectivity index (χ4v) is 1.48. The molecule has 1 rings (SSSR count). The summed E-state index contributed by atoms with van der Waals surface area (Å²) in [6.45, 7) is 0. The van der Waals surface area contributed by atoms with Crippen molar-refractivity contribution in [2.75, 3.05) is 0 Å². The summed E-state index contributed by atoms with van der Waals surface area (Å²) in [5.74, 6) is -2.11. The molecule has 0 unspecified atom stereocenters. The van der Waals surface area contributed by atoms with E-state index in [9.17, 15) is 27.2 Å². The van der Waals surface area contributed by atoms with E-state index < -0.39 is 30.0 Å². The minimum atomic E-state index is -4.65. The summed E-state index contributed by atoms with van der Waals surface area (Å²) < 4.78 is 53.3. The monoisotopic (exact) mass is 308 g/mol. The first-order valence-corrected chi connectivity index (χ1v) is 5.92. The highest BCUT2D eigenvalue weighted by molar-refractivity contribution is 5.96. The molecule has 0 spiro atoms. The van der Waals surface area contributed by atoms with Crippen LogP contribution in [0.3, 0.4) is 0 Å². The van der Waals surface area contributed by atoms with Gasteiger partial charge < -0.3 is 9.84 Å². The van der Waals surface area contributed by atoms with E-state index in [1.165, 1.54) is 12.1 Å². The van der Waals surface area contributed by atoms with Crippen molar-refractivity contribution >= 4 is 11.8 Å². The number of carboxylic acid groups (broad SMARTS) is 1. The molecule has 116 valence electrons. The molecule has 1 N–H and O–H groups in total. The molecule has 21 heavy (non-hydrogen) atoms. The first kappa shape index (κ1) is 16.9. The number of carboxylic acids is 1. The molecule has 0 radical (unpaired) electrons. The van der Waals surface area contributed by atoms with Crippen LogP contribution in [-0.2, 0) is 4.79 Å². The number of ketones is 1. The van der Waals surface area contributed by atoms with E-state index in [2.05, 4.69) is 4.74 Å². The van der Waals surface area contributed by atoms with Crippen molar-refractivity contribution in [2.45, 2.75) is 31.8 Å². The number of alkyl halides is 4. The Morgan fingerprint density at radius 3 is 2.48 bits per heavy atom. The molecule has 4 nitrogen and oxygen atoms in total. The van der Waals surface area contributed by atoms with E-state index in [1.807, 2.05) is 0 Å². The number of aliphatic carboxylic acids is 1. The summed E-state index contributed by atoms with van der Waals surface area (Å²) in [6.07, 6.45) is -8.85. The van der Waals surface area contributed by atoms with Gasteiger partial charge in [-0.15, -0.1) is 0 Å². The number of hydrogen-bond donors (Lipinski definition) is 1. The molecule has 0 fully saturated rings. The summed E-state index contributed by atoms with van der Waals surface area (Å²) in [5, 5.41) is 8.43. The van der Waals surface area contributed by atoms with E-state index >= 15 is 0 Å². The number of ether oxygens (including phenoxy) is 1. The van der Waals surface area contributed by atoms with Gasteiger partial charge >= 0.3 is 18.5 Å². The minimum absolute atomic E-state index is 0.0112. The van der Waals surface area contributed by atoms with Gasteiger partial charge in [-0.05, 0) is 18.6 Å². The smallest absolute Gasteiger partial charge is 0.461 e. The van der Waals surface area contributed by atoms with Crippen LogP contribution in [0.15, 0.2) is 24.3 Å². The largest absolute Gasteiger partial charge is 0.481 e.